The molecular weight excluding hydrogens is 380 g/mol. The van der Waals surface area contributed by atoms with Crippen molar-refractivity contribution >= 4 is 17.3 Å². The average Bonchev–Trinajstić information content (AvgIpc) is 2.79. The quantitative estimate of drug-likeness (QED) is 0.529. The molecule has 3 rings (SSSR count). The van der Waals surface area contributed by atoms with Crippen LogP contribution in [0.25, 0.3) is 0 Å². The van der Waals surface area contributed by atoms with E-state index in [1.54, 1.807) is 26.4 Å². The maximum Gasteiger partial charge on any atom is 0.251 e. The number of benzene rings is 3. The van der Waals surface area contributed by atoms with Crippen LogP contribution in [0.15, 0.2) is 72.8 Å². The molecule has 6 nitrogen and oxygen atoms in total. The molecule has 0 unspecified atom stereocenters. The molecule has 0 radical (unpaired) electrons. The fraction of sp³-hybridized carbons (Fsp3) is 0.208. The maximum absolute atomic E-state index is 13.3. The number of hydrogen-bond acceptors (Lipinski definition) is 5. The van der Waals surface area contributed by atoms with Crippen molar-refractivity contribution in [1.29, 1.82) is 0 Å². The Morgan fingerprint density at radius 3 is 2.27 bits per heavy atom. The lowest BCUT2D eigenvalue weighted by molar-refractivity contribution is -0.117. The lowest BCUT2D eigenvalue weighted by Gasteiger charge is -2.21. The Hall–Kier alpha value is -3.67. The molecule has 30 heavy (non-hydrogen) atoms. The highest BCUT2D eigenvalue weighted by Crippen LogP contribution is 2.32. The monoisotopic (exact) mass is 406 g/mol. The van der Waals surface area contributed by atoms with E-state index in [0.717, 1.165) is 11.3 Å². The summed E-state index contributed by atoms with van der Waals surface area (Å²) in [6.07, 6.45) is 0. The van der Waals surface area contributed by atoms with Gasteiger partial charge in [0.2, 0.25) is 0 Å². The van der Waals surface area contributed by atoms with Crippen molar-refractivity contribution in [2.75, 3.05) is 31.5 Å². The van der Waals surface area contributed by atoms with Gasteiger partial charge in [-0.15, -0.1) is 0 Å². The molecule has 0 aromatic heterocycles. The van der Waals surface area contributed by atoms with Crippen LogP contribution < -0.4 is 24.8 Å². The molecule has 2 N–H and O–H groups in total. The summed E-state index contributed by atoms with van der Waals surface area (Å²) < 4.78 is 16.3. The number of ether oxygens (including phenoxy) is 3. The van der Waals surface area contributed by atoms with E-state index >= 15 is 0 Å². The van der Waals surface area contributed by atoms with E-state index in [2.05, 4.69) is 10.6 Å². The van der Waals surface area contributed by atoms with Crippen molar-refractivity contribution in [3.05, 3.63) is 78.4 Å². The van der Waals surface area contributed by atoms with Gasteiger partial charge >= 0.3 is 0 Å². The second-order valence-electron chi connectivity index (χ2n) is 6.48. The number of para-hydroxylation sites is 2. The molecule has 0 heterocycles. The number of hydrogen-bond donors (Lipinski definition) is 2. The van der Waals surface area contributed by atoms with Crippen LogP contribution in [0.2, 0.25) is 0 Å². The molecule has 0 saturated carbocycles. The number of carbonyl (C=O) groups is 1. The van der Waals surface area contributed by atoms with Gasteiger partial charge in [-0.25, -0.2) is 0 Å². The highest BCUT2D eigenvalue weighted by molar-refractivity contribution is 5.98. The van der Waals surface area contributed by atoms with Gasteiger partial charge in [-0.1, -0.05) is 42.5 Å². The van der Waals surface area contributed by atoms with Crippen LogP contribution in [0.3, 0.4) is 0 Å². The van der Waals surface area contributed by atoms with Crippen LogP contribution in [0.1, 0.15) is 18.5 Å². The molecule has 1 atom stereocenters. The van der Waals surface area contributed by atoms with Gasteiger partial charge in [0.15, 0.2) is 11.5 Å². The van der Waals surface area contributed by atoms with Gasteiger partial charge in [0, 0.05) is 11.8 Å². The Morgan fingerprint density at radius 2 is 1.57 bits per heavy atom. The van der Waals surface area contributed by atoms with Crippen molar-refractivity contribution in [3.8, 4) is 17.2 Å². The average molecular weight is 406 g/mol. The Kier molecular flexibility index (Phi) is 7.16. The Labute approximate surface area is 176 Å². The molecule has 0 bridgehead atoms. The maximum atomic E-state index is 13.3. The summed E-state index contributed by atoms with van der Waals surface area (Å²) in [4.78, 5) is 13.3. The zero-order chi connectivity index (χ0) is 21.3. The topological polar surface area (TPSA) is 68.8 Å². The standard InChI is InChI=1S/C24H26N2O4/c1-4-30-20-13-9-8-12-19(20)26-24(27)23(17-10-6-5-7-11-17)25-18-14-15-21(28-2)22(16-18)29-3/h5-16,23,25H,4H2,1-3H3,(H,26,27)/t23-/m0/s1. The van der Waals surface area contributed by atoms with Crippen LogP contribution in [0.5, 0.6) is 17.2 Å². The summed E-state index contributed by atoms with van der Waals surface area (Å²) >= 11 is 0. The van der Waals surface area contributed by atoms with E-state index < -0.39 is 6.04 Å². The van der Waals surface area contributed by atoms with Crippen LogP contribution >= 0.6 is 0 Å². The molecule has 0 saturated heterocycles. The highest BCUT2D eigenvalue weighted by Gasteiger charge is 2.22. The van der Waals surface area contributed by atoms with E-state index in [9.17, 15) is 4.79 Å². The zero-order valence-electron chi connectivity index (χ0n) is 17.3. The van der Waals surface area contributed by atoms with E-state index in [0.29, 0.717) is 29.5 Å². The number of methoxy groups -OCH3 is 2. The fourth-order valence-corrected chi connectivity index (χ4v) is 3.09. The second kappa shape index (κ2) is 10.2. The summed E-state index contributed by atoms with van der Waals surface area (Å²) in [5.74, 6) is 1.63. The number of rotatable bonds is 9. The number of carbonyl (C=O) groups excluding carboxylic acids is 1. The van der Waals surface area contributed by atoms with E-state index in [1.165, 1.54) is 0 Å². The van der Waals surface area contributed by atoms with Gasteiger partial charge in [0.25, 0.3) is 5.91 Å². The molecule has 0 aliphatic heterocycles. The van der Waals surface area contributed by atoms with E-state index in [1.807, 2.05) is 67.6 Å². The van der Waals surface area contributed by atoms with Gasteiger partial charge in [0.1, 0.15) is 11.8 Å². The normalized spacial score (nSPS) is 11.3. The van der Waals surface area contributed by atoms with Gasteiger partial charge in [-0.2, -0.15) is 0 Å². The smallest absolute Gasteiger partial charge is 0.251 e. The first-order valence-corrected chi connectivity index (χ1v) is 9.72. The molecule has 156 valence electrons. The van der Waals surface area contributed by atoms with Gasteiger partial charge < -0.3 is 24.8 Å². The van der Waals surface area contributed by atoms with Crippen LogP contribution in [-0.2, 0) is 4.79 Å². The Balaban J connectivity index is 1.89. The third kappa shape index (κ3) is 5.03. The molecule has 3 aromatic carbocycles. The lowest BCUT2D eigenvalue weighted by Crippen LogP contribution is -2.27. The molecular formula is C24H26N2O4. The summed E-state index contributed by atoms with van der Waals surface area (Å²) in [5, 5.41) is 6.29. The summed E-state index contributed by atoms with van der Waals surface area (Å²) in [6, 6.07) is 21.7. The van der Waals surface area contributed by atoms with Crippen molar-refractivity contribution in [3.63, 3.8) is 0 Å². The van der Waals surface area contributed by atoms with Gasteiger partial charge in [-0.3, -0.25) is 4.79 Å². The fourth-order valence-electron chi connectivity index (χ4n) is 3.09. The summed E-state index contributed by atoms with van der Waals surface area (Å²) in [5.41, 5.74) is 2.19. The van der Waals surface area contributed by atoms with Crippen molar-refractivity contribution in [2.45, 2.75) is 13.0 Å². The molecule has 0 aliphatic rings. The predicted octanol–water partition coefficient (Wildman–Crippen LogP) is 4.89. The van der Waals surface area contributed by atoms with Crippen LogP contribution in [-0.4, -0.2) is 26.7 Å². The summed E-state index contributed by atoms with van der Waals surface area (Å²) in [6.45, 7) is 2.42. The molecule has 0 fully saturated rings. The third-order valence-corrected chi connectivity index (χ3v) is 4.53. The highest BCUT2D eigenvalue weighted by atomic mass is 16.5. The number of anilines is 2. The largest absolute Gasteiger partial charge is 0.493 e. The first-order chi connectivity index (χ1) is 14.7. The zero-order valence-corrected chi connectivity index (χ0v) is 17.3. The number of amides is 1. The molecule has 3 aromatic rings. The molecule has 6 heteroatoms. The minimum Gasteiger partial charge on any atom is -0.493 e. The Morgan fingerprint density at radius 1 is 0.867 bits per heavy atom. The minimum atomic E-state index is -0.626. The third-order valence-electron chi connectivity index (χ3n) is 4.53. The minimum absolute atomic E-state index is 0.205. The lowest BCUT2D eigenvalue weighted by atomic mass is 10.1. The van der Waals surface area contributed by atoms with E-state index in [4.69, 9.17) is 14.2 Å². The van der Waals surface area contributed by atoms with Crippen LogP contribution in [0.4, 0.5) is 11.4 Å². The summed E-state index contributed by atoms with van der Waals surface area (Å²) in [7, 11) is 3.16. The molecule has 1 amide bonds. The van der Waals surface area contributed by atoms with Crippen molar-refractivity contribution in [1.82, 2.24) is 0 Å². The van der Waals surface area contributed by atoms with Crippen molar-refractivity contribution in [2.24, 2.45) is 0 Å². The van der Waals surface area contributed by atoms with Gasteiger partial charge in [-0.05, 0) is 36.8 Å². The SMILES string of the molecule is CCOc1ccccc1NC(=O)[C@@H](Nc1ccc(OC)c(OC)c1)c1ccccc1. The first kappa shape index (κ1) is 21.0. The predicted molar refractivity (Wildman–Crippen MR) is 119 cm³/mol. The first-order valence-electron chi connectivity index (χ1n) is 9.72. The van der Waals surface area contributed by atoms with Gasteiger partial charge in [0.05, 0.1) is 26.5 Å². The van der Waals surface area contributed by atoms with Crippen LogP contribution in [0, 0.1) is 0 Å². The van der Waals surface area contributed by atoms with Crippen molar-refractivity contribution < 1.29 is 19.0 Å². The Bertz CT molecular complexity index is 976. The molecule has 0 aliphatic carbocycles. The van der Waals surface area contributed by atoms with E-state index in [-0.39, 0.29) is 5.91 Å². The second-order valence-corrected chi connectivity index (χ2v) is 6.48. The molecule has 0 spiro atoms. The number of nitrogens with one attached hydrogen (secondary N) is 2.